The van der Waals surface area contributed by atoms with Gasteiger partial charge in [0.15, 0.2) is 6.10 Å². The number of amides is 1. The van der Waals surface area contributed by atoms with Crippen molar-refractivity contribution in [1.82, 2.24) is 15.6 Å². The molecule has 0 aromatic carbocycles. The standard InChI is InChI=1S/C11H17N3O2/c1-8(11(15)13-3)16-10-5-4-9(6-12-2)14-7-10/h4-5,7-8,12H,6H2,1-3H3,(H,13,15). The number of likely N-dealkylation sites (N-methyl/N-ethyl adjacent to an activating group) is 1. The normalized spacial score (nSPS) is 11.9. The molecule has 1 heterocycles. The SMILES string of the molecule is CNCc1ccc(OC(C)C(=O)NC)cn1. The number of aromatic nitrogens is 1. The van der Waals surface area contributed by atoms with E-state index in [9.17, 15) is 4.79 Å². The smallest absolute Gasteiger partial charge is 0.260 e. The van der Waals surface area contributed by atoms with Gasteiger partial charge in [-0.1, -0.05) is 0 Å². The number of hydrogen-bond acceptors (Lipinski definition) is 4. The Balaban J connectivity index is 2.58. The molecular weight excluding hydrogens is 206 g/mol. The monoisotopic (exact) mass is 223 g/mol. The van der Waals surface area contributed by atoms with Gasteiger partial charge in [0, 0.05) is 13.6 Å². The first kappa shape index (κ1) is 12.4. The third kappa shape index (κ3) is 3.51. The summed E-state index contributed by atoms with van der Waals surface area (Å²) < 4.78 is 5.41. The fourth-order valence-corrected chi connectivity index (χ4v) is 1.23. The molecule has 1 unspecified atom stereocenters. The summed E-state index contributed by atoms with van der Waals surface area (Å²) in [6.45, 7) is 2.41. The minimum absolute atomic E-state index is 0.153. The molecule has 1 aromatic rings. The van der Waals surface area contributed by atoms with Crippen LogP contribution in [0.3, 0.4) is 0 Å². The van der Waals surface area contributed by atoms with Crippen LogP contribution in [0.4, 0.5) is 0 Å². The van der Waals surface area contributed by atoms with Crippen LogP contribution in [0.5, 0.6) is 5.75 Å². The van der Waals surface area contributed by atoms with E-state index < -0.39 is 6.10 Å². The van der Waals surface area contributed by atoms with Gasteiger partial charge >= 0.3 is 0 Å². The molecule has 88 valence electrons. The number of hydrogen-bond donors (Lipinski definition) is 2. The molecule has 0 bridgehead atoms. The van der Waals surface area contributed by atoms with Crippen molar-refractivity contribution in [2.45, 2.75) is 19.6 Å². The molecule has 2 N–H and O–H groups in total. The van der Waals surface area contributed by atoms with Crippen LogP contribution in [-0.4, -0.2) is 31.1 Å². The van der Waals surface area contributed by atoms with E-state index in [4.69, 9.17) is 4.74 Å². The summed E-state index contributed by atoms with van der Waals surface area (Å²) in [4.78, 5) is 15.4. The van der Waals surface area contributed by atoms with E-state index >= 15 is 0 Å². The number of nitrogens with one attached hydrogen (secondary N) is 2. The van der Waals surface area contributed by atoms with Gasteiger partial charge in [0.25, 0.3) is 5.91 Å². The third-order valence-corrected chi connectivity index (χ3v) is 2.08. The number of carbonyl (C=O) groups excluding carboxylic acids is 1. The lowest BCUT2D eigenvalue weighted by molar-refractivity contribution is -0.126. The number of rotatable bonds is 5. The third-order valence-electron chi connectivity index (χ3n) is 2.08. The van der Waals surface area contributed by atoms with Crippen LogP contribution < -0.4 is 15.4 Å². The molecule has 0 saturated heterocycles. The topological polar surface area (TPSA) is 63.2 Å². The molecule has 1 amide bonds. The van der Waals surface area contributed by atoms with Crippen molar-refractivity contribution in [3.63, 3.8) is 0 Å². The Morgan fingerprint density at radius 3 is 2.75 bits per heavy atom. The van der Waals surface area contributed by atoms with Gasteiger partial charge in [-0.2, -0.15) is 0 Å². The maximum Gasteiger partial charge on any atom is 0.260 e. The molecule has 1 rings (SSSR count). The van der Waals surface area contributed by atoms with Crippen LogP contribution in [-0.2, 0) is 11.3 Å². The highest BCUT2D eigenvalue weighted by atomic mass is 16.5. The molecule has 1 aromatic heterocycles. The summed E-state index contributed by atoms with van der Waals surface area (Å²) >= 11 is 0. The Hall–Kier alpha value is -1.62. The zero-order valence-corrected chi connectivity index (χ0v) is 9.78. The summed E-state index contributed by atoms with van der Waals surface area (Å²) in [6, 6.07) is 3.67. The van der Waals surface area contributed by atoms with E-state index in [1.54, 1.807) is 26.2 Å². The Kier molecular flexibility index (Phi) is 4.72. The van der Waals surface area contributed by atoms with Crippen molar-refractivity contribution >= 4 is 5.91 Å². The minimum atomic E-state index is -0.512. The Morgan fingerprint density at radius 1 is 1.50 bits per heavy atom. The van der Waals surface area contributed by atoms with Gasteiger partial charge in [-0.15, -0.1) is 0 Å². The molecule has 5 nitrogen and oxygen atoms in total. The molecule has 16 heavy (non-hydrogen) atoms. The second kappa shape index (κ2) is 6.07. The fraction of sp³-hybridized carbons (Fsp3) is 0.455. The Labute approximate surface area is 95.2 Å². The summed E-state index contributed by atoms with van der Waals surface area (Å²) in [5.41, 5.74) is 0.933. The first-order valence-electron chi connectivity index (χ1n) is 5.15. The predicted octanol–water partition coefficient (Wildman–Crippen LogP) is 0.314. The molecule has 0 fully saturated rings. The minimum Gasteiger partial charge on any atom is -0.479 e. The van der Waals surface area contributed by atoms with Crippen molar-refractivity contribution in [3.05, 3.63) is 24.0 Å². The first-order valence-corrected chi connectivity index (χ1v) is 5.15. The molecule has 0 spiro atoms. The molecule has 0 aliphatic heterocycles. The summed E-state index contributed by atoms with van der Waals surface area (Å²) in [5.74, 6) is 0.440. The van der Waals surface area contributed by atoms with Crippen molar-refractivity contribution in [3.8, 4) is 5.75 Å². The van der Waals surface area contributed by atoms with E-state index in [1.165, 1.54) is 0 Å². The molecule has 0 radical (unpaired) electrons. The van der Waals surface area contributed by atoms with Crippen molar-refractivity contribution in [1.29, 1.82) is 0 Å². The van der Waals surface area contributed by atoms with Crippen molar-refractivity contribution in [2.24, 2.45) is 0 Å². The molecular formula is C11H17N3O2. The van der Waals surface area contributed by atoms with Gasteiger partial charge in [-0.3, -0.25) is 9.78 Å². The van der Waals surface area contributed by atoms with E-state index in [0.29, 0.717) is 12.3 Å². The van der Waals surface area contributed by atoms with Gasteiger partial charge < -0.3 is 15.4 Å². The fourth-order valence-electron chi connectivity index (χ4n) is 1.23. The quantitative estimate of drug-likeness (QED) is 0.754. The molecule has 1 atom stereocenters. The van der Waals surface area contributed by atoms with E-state index in [1.807, 2.05) is 13.1 Å². The zero-order chi connectivity index (χ0) is 12.0. The molecule has 0 saturated carbocycles. The van der Waals surface area contributed by atoms with Crippen LogP contribution in [0.1, 0.15) is 12.6 Å². The number of carbonyl (C=O) groups is 1. The summed E-state index contributed by atoms with van der Waals surface area (Å²) in [7, 11) is 3.44. The van der Waals surface area contributed by atoms with E-state index in [0.717, 1.165) is 5.69 Å². The maximum absolute atomic E-state index is 11.2. The number of ether oxygens (including phenoxy) is 1. The van der Waals surface area contributed by atoms with Gasteiger partial charge in [-0.05, 0) is 26.1 Å². The average molecular weight is 223 g/mol. The van der Waals surface area contributed by atoms with Crippen LogP contribution in [0, 0.1) is 0 Å². The van der Waals surface area contributed by atoms with Gasteiger partial charge in [0.05, 0.1) is 11.9 Å². The molecule has 5 heteroatoms. The zero-order valence-electron chi connectivity index (χ0n) is 9.78. The highest BCUT2D eigenvalue weighted by Crippen LogP contribution is 2.11. The summed E-state index contributed by atoms with van der Waals surface area (Å²) in [5, 5.41) is 5.53. The number of nitrogens with zero attached hydrogens (tertiary/aromatic N) is 1. The van der Waals surface area contributed by atoms with Crippen molar-refractivity contribution in [2.75, 3.05) is 14.1 Å². The van der Waals surface area contributed by atoms with E-state index in [-0.39, 0.29) is 5.91 Å². The molecule has 0 aliphatic carbocycles. The van der Waals surface area contributed by atoms with Crippen LogP contribution >= 0.6 is 0 Å². The Bertz CT molecular complexity index is 338. The lowest BCUT2D eigenvalue weighted by Gasteiger charge is -2.12. The summed E-state index contributed by atoms with van der Waals surface area (Å²) in [6.07, 6.45) is 1.11. The van der Waals surface area contributed by atoms with Crippen molar-refractivity contribution < 1.29 is 9.53 Å². The lowest BCUT2D eigenvalue weighted by Crippen LogP contribution is -2.33. The maximum atomic E-state index is 11.2. The lowest BCUT2D eigenvalue weighted by atomic mass is 10.3. The van der Waals surface area contributed by atoms with Gasteiger partial charge in [0.2, 0.25) is 0 Å². The number of pyridine rings is 1. The first-order chi connectivity index (χ1) is 7.67. The van der Waals surface area contributed by atoms with Crippen LogP contribution in [0.15, 0.2) is 18.3 Å². The van der Waals surface area contributed by atoms with Gasteiger partial charge in [0.1, 0.15) is 5.75 Å². The Morgan fingerprint density at radius 2 is 2.25 bits per heavy atom. The van der Waals surface area contributed by atoms with Crippen LogP contribution in [0.2, 0.25) is 0 Å². The largest absolute Gasteiger partial charge is 0.479 e. The van der Waals surface area contributed by atoms with Crippen LogP contribution in [0.25, 0.3) is 0 Å². The average Bonchev–Trinajstić information content (AvgIpc) is 2.31. The highest BCUT2D eigenvalue weighted by Gasteiger charge is 2.12. The predicted molar refractivity (Wildman–Crippen MR) is 61.2 cm³/mol. The van der Waals surface area contributed by atoms with Gasteiger partial charge in [-0.25, -0.2) is 0 Å². The molecule has 0 aliphatic rings. The second-order valence-corrected chi connectivity index (χ2v) is 3.39. The second-order valence-electron chi connectivity index (χ2n) is 3.39. The van der Waals surface area contributed by atoms with E-state index in [2.05, 4.69) is 15.6 Å². The highest BCUT2D eigenvalue weighted by molar-refractivity contribution is 5.80.